The van der Waals surface area contributed by atoms with E-state index in [2.05, 4.69) is 4.72 Å². The number of thioether (sulfide) groups is 1. The van der Waals surface area contributed by atoms with Crippen LogP contribution in [-0.4, -0.2) is 25.7 Å². The molecule has 1 aromatic carbocycles. The number of carboxylic acids is 1. The Morgan fingerprint density at radius 3 is 2.57 bits per heavy atom. The van der Waals surface area contributed by atoms with E-state index in [1.54, 1.807) is 6.26 Å². The molecule has 0 radical (unpaired) electrons. The Hall–Kier alpha value is -1.22. The van der Waals surface area contributed by atoms with Crippen LogP contribution < -0.4 is 4.72 Å². The number of aromatic carboxylic acids is 1. The van der Waals surface area contributed by atoms with Crippen LogP contribution in [0.15, 0.2) is 39.4 Å². The van der Waals surface area contributed by atoms with Crippen LogP contribution in [0.4, 0.5) is 5.69 Å². The average Bonchev–Trinajstić information content (AvgIpc) is 2.86. The zero-order valence-electron chi connectivity index (χ0n) is 10.7. The Kier molecular flexibility index (Phi) is 4.82. The summed E-state index contributed by atoms with van der Waals surface area (Å²) in [5.41, 5.74) is 0.429. The molecule has 1 heterocycles. The fourth-order valence-electron chi connectivity index (χ4n) is 1.55. The Morgan fingerprint density at radius 2 is 2.05 bits per heavy atom. The van der Waals surface area contributed by atoms with E-state index in [4.69, 9.17) is 16.7 Å². The molecule has 21 heavy (non-hydrogen) atoms. The van der Waals surface area contributed by atoms with Crippen molar-refractivity contribution in [3.05, 3.63) is 40.2 Å². The predicted molar refractivity (Wildman–Crippen MR) is 85.3 cm³/mol. The van der Waals surface area contributed by atoms with Crippen molar-refractivity contribution < 1.29 is 18.3 Å². The zero-order valence-corrected chi connectivity index (χ0v) is 13.9. The van der Waals surface area contributed by atoms with Gasteiger partial charge in [0, 0.05) is 4.90 Å². The van der Waals surface area contributed by atoms with Gasteiger partial charge in [0.15, 0.2) is 0 Å². The molecule has 0 aliphatic heterocycles. The van der Waals surface area contributed by atoms with Crippen LogP contribution in [0, 0.1) is 0 Å². The van der Waals surface area contributed by atoms with E-state index in [9.17, 15) is 13.2 Å². The third-order valence-electron chi connectivity index (χ3n) is 2.51. The minimum Gasteiger partial charge on any atom is -0.478 e. The molecule has 0 saturated carbocycles. The van der Waals surface area contributed by atoms with Crippen LogP contribution in [-0.2, 0) is 10.0 Å². The van der Waals surface area contributed by atoms with Crippen LogP contribution in [0.25, 0.3) is 0 Å². The van der Waals surface area contributed by atoms with Gasteiger partial charge in [-0.25, -0.2) is 13.2 Å². The summed E-state index contributed by atoms with van der Waals surface area (Å²) in [4.78, 5) is 11.5. The van der Waals surface area contributed by atoms with Crippen LogP contribution in [0.3, 0.4) is 0 Å². The number of carbonyl (C=O) groups is 1. The molecule has 2 rings (SSSR count). The molecule has 112 valence electrons. The van der Waals surface area contributed by atoms with Gasteiger partial charge in [-0.05, 0) is 36.6 Å². The first-order valence-corrected chi connectivity index (χ1v) is 9.43. The van der Waals surface area contributed by atoms with E-state index in [0.29, 0.717) is 14.9 Å². The number of benzene rings is 1. The van der Waals surface area contributed by atoms with Crippen molar-refractivity contribution in [1.29, 1.82) is 0 Å². The number of hydrogen-bond acceptors (Lipinski definition) is 5. The van der Waals surface area contributed by atoms with Gasteiger partial charge in [-0.2, -0.15) is 0 Å². The highest BCUT2D eigenvalue weighted by molar-refractivity contribution is 7.99. The maximum Gasteiger partial charge on any atom is 0.335 e. The predicted octanol–water partition coefficient (Wildman–Crippen LogP) is 3.62. The largest absolute Gasteiger partial charge is 0.478 e. The maximum absolute atomic E-state index is 12.2. The summed E-state index contributed by atoms with van der Waals surface area (Å²) in [6.45, 7) is 0. The van der Waals surface area contributed by atoms with Crippen molar-refractivity contribution in [1.82, 2.24) is 0 Å². The van der Waals surface area contributed by atoms with Crippen molar-refractivity contribution in [3.8, 4) is 0 Å². The number of anilines is 1. The third-order valence-corrected chi connectivity index (χ3v) is 6.37. The highest BCUT2D eigenvalue weighted by Gasteiger charge is 2.19. The number of thiophene rings is 1. The SMILES string of the molecule is CSc1cc(C(=O)O)ccc1NS(=O)(=O)c1ccc(Cl)s1. The molecule has 0 fully saturated rings. The van der Waals surface area contributed by atoms with Crippen molar-refractivity contribution in [3.63, 3.8) is 0 Å². The first kappa shape index (κ1) is 16.2. The summed E-state index contributed by atoms with van der Waals surface area (Å²) in [5, 5.41) is 8.95. The maximum atomic E-state index is 12.2. The first-order valence-electron chi connectivity index (χ1n) is 5.53. The fraction of sp³-hybridized carbons (Fsp3) is 0.0833. The van der Waals surface area contributed by atoms with Crippen molar-refractivity contribution in [2.75, 3.05) is 11.0 Å². The summed E-state index contributed by atoms with van der Waals surface area (Å²) < 4.78 is 27.4. The van der Waals surface area contributed by atoms with E-state index < -0.39 is 16.0 Å². The Balaban J connectivity index is 2.37. The summed E-state index contributed by atoms with van der Waals surface area (Å²) in [6.07, 6.45) is 1.74. The molecule has 9 heteroatoms. The second-order valence-electron chi connectivity index (χ2n) is 3.88. The molecule has 0 unspecified atom stereocenters. The monoisotopic (exact) mass is 363 g/mol. The van der Waals surface area contributed by atoms with Crippen molar-refractivity contribution in [2.24, 2.45) is 0 Å². The fourth-order valence-corrected chi connectivity index (χ4v) is 4.76. The number of halogens is 1. The molecule has 2 N–H and O–H groups in total. The number of carboxylic acid groups (broad SMARTS) is 1. The second kappa shape index (κ2) is 6.27. The molecule has 0 saturated heterocycles. The Morgan fingerprint density at radius 1 is 1.33 bits per heavy atom. The Labute approximate surface area is 135 Å². The second-order valence-corrected chi connectivity index (χ2v) is 8.36. The van der Waals surface area contributed by atoms with Crippen molar-refractivity contribution in [2.45, 2.75) is 9.10 Å². The molecule has 0 aliphatic rings. The molecule has 0 aliphatic carbocycles. The minimum atomic E-state index is -3.73. The molecule has 1 aromatic heterocycles. The number of sulfonamides is 1. The smallest absolute Gasteiger partial charge is 0.335 e. The lowest BCUT2D eigenvalue weighted by Crippen LogP contribution is -2.12. The summed E-state index contributed by atoms with van der Waals surface area (Å²) in [6, 6.07) is 7.12. The molecule has 2 aromatic rings. The summed E-state index contributed by atoms with van der Waals surface area (Å²) in [5.74, 6) is -1.07. The Bertz CT molecular complexity index is 786. The zero-order chi connectivity index (χ0) is 15.6. The number of hydrogen-bond donors (Lipinski definition) is 2. The number of rotatable bonds is 5. The quantitative estimate of drug-likeness (QED) is 0.792. The lowest BCUT2D eigenvalue weighted by Gasteiger charge is -2.11. The van der Waals surface area contributed by atoms with Gasteiger partial charge in [0.25, 0.3) is 10.0 Å². The van der Waals surface area contributed by atoms with Crippen LogP contribution in [0.5, 0.6) is 0 Å². The van der Waals surface area contributed by atoms with Gasteiger partial charge in [0.05, 0.1) is 15.6 Å². The lowest BCUT2D eigenvalue weighted by molar-refractivity contribution is 0.0696. The van der Waals surface area contributed by atoms with Gasteiger partial charge in [0.2, 0.25) is 0 Å². The third kappa shape index (κ3) is 3.70. The lowest BCUT2D eigenvalue weighted by atomic mass is 10.2. The molecular weight excluding hydrogens is 354 g/mol. The molecule has 0 bridgehead atoms. The molecule has 0 amide bonds. The van der Waals surface area contributed by atoms with E-state index >= 15 is 0 Å². The highest BCUT2D eigenvalue weighted by Crippen LogP contribution is 2.31. The van der Waals surface area contributed by atoms with E-state index in [1.165, 1.54) is 42.1 Å². The average molecular weight is 364 g/mol. The minimum absolute atomic E-state index is 0.0986. The summed E-state index contributed by atoms with van der Waals surface area (Å²) >= 11 is 7.95. The van der Waals surface area contributed by atoms with E-state index in [0.717, 1.165) is 11.3 Å². The van der Waals surface area contributed by atoms with Crippen LogP contribution in [0.2, 0.25) is 4.34 Å². The molecule has 5 nitrogen and oxygen atoms in total. The van der Waals surface area contributed by atoms with Gasteiger partial charge < -0.3 is 5.11 Å². The van der Waals surface area contributed by atoms with Gasteiger partial charge in [-0.3, -0.25) is 4.72 Å². The standard InChI is InChI=1S/C12H10ClNO4S3/c1-19-9-6-7(12(15)16)2-3-8(9)14-21(17,18)11-5-4-10(13)20-11/h2-6,14H,1H3,(H,15,16). The summed E-state index contributed by atoms with van der Waals surface area (Å²) in [7, 11) is -3.73. The molecular formula is C12H10ClNO4S3. The van der Waals surface area contributed by atoms with E-state index in [-0.39, 0.29) is 9.77 Å². The first-order chi connectivity index (χ1) is 9.83. The van der Waals surface area contributed by atoms with Gasteiger partial charge in [-0.1, -0.05) is 11.6 Å². The molecule has 0 atom stereocenters. The normalized spacial score (nSPS) is 11.3. The topological polar surface area (TPSA) is 83.5 Å². The van der Waals surface area contributed by atoms with Crippen LogP contribution >= 0.6 is 34.7 Å². The van der Waals surface area contributed by atoms with Gasteiger partial charge >= 0.3 is 5.97 Å². The molecule has 0 spiro atoms. The highest BCUT2D eigenvalue weighted by atomic mass is 35.5. The van der Waals surface area contributed by atoms with Gasteiger partial charge in [-0.15, -0.1) is 23.1 Å². The number of nitrogens with one attached hydrogen (secondary N) is 1. The van der Waals surface area contributed by atoms with Gasteiger partial charge in [0.1, 0.15) is 4.21 Å². The van der Waals surface area contributed by atoms with Crippen molar-refractivity contribution >= 4 is 56.4 Å². The van der Waals surface area contributed by atoms with Crippen LogP contribution in [0.1, 0.15) is 10.4 Å². The van der Waals surface area contributed by atoms with E-state index in [1.807, 2.05) is 0 Å².